The molecule has 1 aliphatic rings. The van der Waals surface area contributed by atoms with Crippen LogP contribution in [0.2, 0.25) is 0 Å². The number of hydrogen-bond donors (Lipinski definition) is 1. The summed E-state index contributed by atoms with van der Waals surface area (Å²) >= 11 is 0. The molecule has 2 aromatic rings. The summed E-state index contributed by atoms with van der Waals surface area (Å²) in [6, 6.07) is 2.96. The number of carbonyl (C=O) groups is 3. The second-order valence-corrected chi connectivity index (χ2v) is 6.96. The second kappa shape index (κ2) is 8.02. The minimum Gasteiger partial charge on any atom is -0.465 e. The van der Waals surface area contributed by atoms with Gasteiger partial charge in [0, 0.05) is 31.9 Å². The summed E-state index contributed by atoms with van der Waals surface area (Å²) in [6.07, 6.45) is 1.48. The number of rotatable bonds is 5. The Balaban J connectivity index is 1.67. The zero-order valence-corrected chi connectivity index (χ0v) is 16.6. The quantitative estimate of drug-likeness (QED) is 0.623. The second-order valence-electron chi connectivity index (χ2n) is 6.96. The number of nitrogens with one attached hydrogen (secondary N) is 1. The molecular formula is C20H25N3O5. The van der Waals surface area contributed by atoms with Crippen molar-refractivity contribution in [3.63, 3.8) is 0 Å². The predicted octanol–water partition coefficient (Wildman–Crippen LogP) is 2.04. The van der Waals surface area contributed by atoms with Gasteiger partial charge in [-0.15, -0.1) is 0 Å². The van der Waals surface area contributed by atoms with E-state index < -0.39 is 5.97 Å². The van der Waals surface area contributed by atoms with E-state index in [9.17, 15) is 14.4 Å². The molecule has 0 aliphatic carbocycles. The van der Waals surface area contributed by atoms with Crippen molar-refractivity contribution in [1.29, 1.82) is 0 Å². The molecule has 0 radical (unpaired) electrons. The number of esters is 1. The first-order valence-electron chi connectivity index (χ1n) is 9.23. The number of aromatic nitrogens is 1. The SMILES string of the molecule is COC(=O)c1c(C)[nH]c(C(=O)[C@H](C)N2CCN(C(=O)c3ccco3)CC2)c1C. The molecule has 28 heavy (non-hydrogen) atoms. The van der Waals surface area contributed by atoms with Crippen LogP contribution < -0.4 is 0 Å². The standard InChI is InChI=1S/C20H25N3O5/c1-12-16(20(26)27-4)13(2)21-17(12)18(24)14(3)22-7-9-23(10-8-22)19(25)15-6-5-11-28-15/h5-6,11,14,21H,7-10H2,1-4H3/t14-/m0/s1. The number of H-pyrrole nitrogens is 1. The largest absolute Gasteiger partial charge is 0.465 e. The highest BCUT2D eigenvalue weighted by atomic mass is 16.5. The molecule has 3 rings (SSSR count). The molecule has 8 heteroatoms. The summed E-state index contributed by atoms with van der Waals surface area (Å²) in [5.41, 5.74) is 2.06. The molecule has 0 saturated carbocycles. The first-order valence-corrected chi connectivity index (χ1v) is 9.23. The Morgan fingerprint density at radius 1 is 1.18 bits per heavy atom. The van der Waals surface area contributed by atoms with Crippen LogP contribution in [0.5, 0.6) is 0 Å². The van der Waals surface area contributed by atoms with E-state index >= 15 is 0 Å². The van der Waals surface area contributed by atoms with Crippen molar-refractivity contribution in [2.45, 2.75) is 26.8 Å². The molecular weight excluding hydrogens is 362 g/mol. The Kier molecular flexibility index (Phi) is 5.69. The van der Waals surface area contributed by atoms with E-state index in [2.05, 4.69) is 4.98 Å². The van der Waals surface area contributed by atoms with Gasteiger partial charge in [-0.05, 0) is 38.5 Å². The first-order chi connectivity index (χ1) is 13.3. The lowest BCUT2D eigenvalue weighted by molar-refractivity contribution is 0.0526. The zero-order chi connectivity index (χ0) is 20.4. The van der Waals surface area contributed by atoms with E-state index in [4.69, 9.17) is 9.15 Å². The van der Waals surface area contributed by atoms with E-state index in [0.29, 0.717) is 54.5 Å². The highest BCUT2D eigenvalue weighted by Gasteiger charge is 2.31. The van der Waals surface area contributed by atoms with Gasteiger partial charge in [0.05, 0.1) is 30.7 Å². The molecule has 3 heterocycles. The Bertz CT molecular complexity index is 876. The molecule has 1 aliphatic heterocycles. The van der Waals surface area contributed by atoms with Crippen molar-refractivity contribution >= 4 is 17.7 Å². The van der Waals surface area contributed by atoms with Crippen LogP contribution in [0.4, 0.5) is 0 Å². The maximum absolute atomic E-state index is 13.0. The van der Waals surface area contributed by atoms with Crippen molar-refractivity contribution < 1.29 is 23.5 Å². The summed E-state index contributed by atoms with van der Waals surface area (Å²) in [4.78, 5) is 44.2. The fraction of sp³-hybridized carbons (Fsp3) is 0.450. The molecule has 1 fully saturated rings. The number of aromatic amines is 1. The minimum absolute atomic E-state index is 0.0819. The molecule has 1 N–H and O–H groups in total. The van der Waals surface area contributed by atoms with Crippen molar-refractivity contribution in [2.75, 3.05) is 33.3 Å². The monoisotopic (exact) mass is 387 g/mol. The Hall–Kier alpha value is -2.87. The van der Waals surface area contributed by atoms with E-state index in [1.807, 2.05) is 11.8 Å². The van der Waals surface area contributed by atoms with Crippen LogP contribution in [-0.4, -0.2) is 71.8 Å². The molecule has 0 spiro atoms. The van der Waals surface area contributed by atoms with Crippen LogP contribution in [0, 0.1) is 13.8 Å². The lowest BCUT2D eigenvalue weighted by Crippen LogP contribution is -2.53. The molecule has 0 bridgehead atoms. The van der Waals surface area contributed by atoms with Crippen molar-refractivity contribution in [3.05, 3.63) is 46.7 Å². The summed E-state index contributed by atoms with van der Waals surface area (Å²) in [5.74, 6) is -0.350. The number of hydrogen-bond acceptors (Lipinski definition) is 6. The summed E-state index contributed by atoms with van der Waals surface area (Å²) < 4.78 is 9.98. The summed E-state index contributed by atoms with van der Waals surface area (Å²) in [5, 5.41) is 0. The first kappa shape index (κ1) is 19.9. The third-order valence-electron chi connectivity index (χ3n) is 5.33. The van der Waals surface area contributed by atoms with Crippen molar-refractivity contribution in [2.24, 2.45) is 0 Å². The molecule has 150 valence electrons. The van der Waals surface area contributed by atoms with Crippen LogP contribution >= 0.6 is 0 Å². The number of furan rings is 1. The van der Waals surface area contributed by atoms with Gasteiger partial charge in [-0.1, -0.05) is 0 Å². The van der Waals surface area contributed by atoms with E-state index in [-0.39, 0.29) is 17.7 Å². The molecule has 1 saturated heterocycles. The average molecular weight is 387 g/mol. The van der Waals surface area contributed by atoms with Gasteiger partial charge in [0.15, 0.2) is 11.5 Å². The maximum atomic E-state index is 13.0. The summed E-state index contributed by atoms with van der Waals surface area (Å²) in [6.45, 7) is 7.56. The molecule has 1 atom stereocenters. The van der Waals surface area contributed by atoms with Crippen molar-refractivity contribution in [1.82, 2.24) is 14.8 Å². The number of ether oxygens (including phenoxy) is 1. The smallest absolute Gasteiger partial charge is 0.339 e. The number of Topliss-reactive ketones (excluding diaryl/α,β-unsaturated/α-hetero) is 1. The lowest BCUT2D eigenvalue weighted by atomic mass is 10.0. The van der Waals surface area contributed by atoms with Crippen LogP contribution in [0.15, 0.2) is 22.8 Å². The van der Waals surface area contributed by atoms with Gasteiger partial charge in [-0.25, -0.2) is 4.79 Å². The normalized spacial score (nSPS) is 16.1. The van der Waals surface area contributed by atoms with Crippen LogP contribution in [-0.2, 0) is 4.74 Å². The van der Waals surface area contributed by atoms with Crippen LogP contribution in [0.3, 0.4) is 0 Å². The Morgan fingerprint density at radius 2 is 1.86 bits per heavy atom. The number of piperazine rings is 1. The third kappa shape index (κ3) is 3.60. The van der Waals surface area contributed by atoms with E-state index in [1.54, 1.807) is 30.9 Å². The van der Waals surface area contributed by atoms with Gasteiger partial charge >= 0.3 is 5.97 Å². The van der Waals surface area contributed by atoms with E-state index in [0.717, 1.165) is 0 Å². The molecule has 8 nitrogen and oxygen atoms in total. The van der Waals surface area contributed by atoms with Gasteiger partial charge in [0.1, 0.15) is 0 Å². The van der Waals surface area contributed by atoms with Gasteiger partial charge in [0.25, 0.3) is 5.91 Å². The third-order valence-corrected chi connectivity index (χ3v) is 5.33. The number of carbonyl (C=O) groups excluding carboxylic acids is 3. The number of amides is 1. The lowest BCUT2D eigenvalue weighted by Gasteiger charge is -2.37. The van der Waals surface area contributed by atoms with Gasteiger partial charge < -0.3 is 19.0 Å². The summed E-state index contributed by atoms with van der Waals surface area (Å²) in [7, 11) is 1.32. The minimum atomic E-state index is -0.456. The zero-order valence-electron chi connectivity index (χ0n) is 16.6. The maximum Gasteiger partial charge on any atom is 0.339 e. The topological polar surface area (TPSA) is 95.9 Å². The fourth-order valence-electron chi connectivity index (χ4n) is 3.65. The van der Waals surface area contributed by atoms with Gasteiger partial charge in [-0.3, -0.25) is 14.5 Å². The number of aryl methyl sites for hydroxylation is 1. The highest BCUT2D eigenvalue weighted by Crippen LogP contribution is 2.22. The fourth-order valence-corrected chi connectivity index (χ4v) is 3.65. The van der Waals surface area contributed by atoms with Gasteiger partial charge in [0.2, 0.25) is 0 Å². The van der Waals surface area contributed by atoms with E-state index in [1.165, 1.54) is 13.4 Å². The Labute approximate surface area is 163 Å². The molecule has 1 amide bonds. The van der Waals surface area contributed by atoms with Crippen molar-refractivity contribution in [3.8, 4) is 0 Å². The molecule has 0 unspecified atom stereocenters. The average Bonchev–Trinajstić information content (AvgIpc) is 3.34. The predicted molar refractivity (Wildman–Crippen MR) is 102 cm³/mol. The van der Waals surface area contributed by atoms with Crippen LogP contribution in [0.1, 0.15) is 49.6 Å². The molecule has 2 aromatic heterocycles. The Morgan fingerprint density at radius 3 is 2.43 bits per heavy atom. The highest BCUT2D eigenvalue weighted by molar-refractivity contribution is 6.03. The molecule has 0 aromatic carbocycles. The number of methoxy groups -OCH3 is 1. The van der Waals surface area contributed by atoms with Gasteiger partial charge in [-0.2, -0.15) is 0 Å². The number of nitrogens with zero attached hydrogens (tertiary/aromatic N) is 2. The number of ketones is 1. The van der Waals surface area contributed by atoms with Crippen LogP contribution in [0.25, 0.3) is 0 Å².